The minimum atomic E-state index is 0.700. The molecule has 1 atom stereocenters. The van der Waals surface area contributed by atoms with Crippen LogP contribution in [0.5, 0.6) is 0 Å². The monoisotopic (exact) mass is 210 g/mol. The normalized spacial score (nSPS) is 31.6. The van der Waals surface area contributed by atoms with E-state index in [-0.39, 0.29) is 0 Å². The molecule has 1 N–H and O–H groups in total. The molecule has 2 aliphatic rings. The van der Waals surface area contributed by atoms with E-state index >= 15 is 0 Å². The van der Waals surface area contributed by atoms with Crippen LogP contribution in [0.4, 0.5) is 0 Å². The molecule has 15 heavy (non-hydrogen) atoms. The molecule has 2 nitrogen and oxygen atoms in total. The molecule has 0 spiro atoms. The molecule has 88 valence electrons. The first-order valence-corrected chi connectivity index (χ1v) is 6.94. The predicted octanol–water partition coefficient (Wildman–Crippen LogP) is 2.74. The van der Waals surface area contributed by atoms with Gasteiger partial charge in [0.05, 0.1) is 6.17 Å². The maximum absolute atomic E-state index is 3.73. The van der Waals surface area contributed by atoms with Crippen LogP contribution in [0.25, 0.3) is 0 Å². The average Bonchev–Trinajstić information content (AvgIpc) is 2.45. The number of hydrogen-bond acceptors (Lipinski definition) is 2. The minimum absolute atomic E-state index is 0.700. The van der Waals surface area contributed by atoms with E-state index in [1.165, 1.54) is 77.4 Å². The summed E-state index contributed by atoms with van der Waals surface area (Å²) in [4.78, 5) is 2.71. The zero-order chi connectivity index (χ0) is 10.3. The molecule has 0 saturated carbocycles. The summed E-state index contributed by atoms with van der Waals surface area (Å²) in [5.41, 5.74) is 0. The van der Waals surface area contributed by atoms with Crippen LogP contribution in [0.2, 0.25) is 0 Å². The maximum Gasteiger partial charge on any atom is 0.0597 e. The van der Waals surface area contributed by atoms with Gasteiger partial charge in [0.15, 0.2) is 0 Å². The van der Waals surface area contributed by atoms with Gasteiger partial charge in [-0.3, -0.25) is 4.90 Å². The highest BCUT2D eigenvalue weighted by molar-refractivity contribution is 4.74. The van der Waals surface area contributed by atoms with Gasteiger partial charge in [0, 0.05) is 0 Å². The largest absolute Gasteiger partial charge is 0.302 e. The standard InChI is InChI=1S/C13H26N2/c1-2-7-11-15(12-8-3-1)13-9-5-4-6-10-14-13/h13-14H,1-12H2. The molecule has 0 bridgehead atoms. The van der Waals surface area contributed by atoms with Crippen molar-refractivity contribution in [3.05, 3.63) is 0 Å². The second kappa shape index (κ2) is 6.49. The fourth-order valence-electron chi connectivity index (χ4n) is 2.91. The van der Waals surface area contributed by atoms with Gasteiger partial charge in [0.2, 0.25) is 0 Å². The van der Waals surface area contributed by atoms with Crippen molar-refractivity contribution < 1.29 is 0 Å². The lowest BCUT2D eigenvalue weighted by Crippen LogP contribution is -2.46. The summed E-state index contributed by atoms with van der Waals surface area (Å²) in [6.45, 7) is 3.90. The molecule has 1 unspecified atom stereocenters. The molecular weight excluding hydrogens is 184 g/mol. The Hall–Kier alpha value is -0.0800. The van der Waals surface area contributed by atoms with Crippen LogP contribution < -0.4 is 5.32 Å². The van der Waals surface area contributed by atoms with Crippen LogP contribution in [-0.2, 0) is 0 Å². The Kier molecular flexibility index (Phi) is 4.94. The lowest BCUT2D eigenvalue weighted by molar-refractivity contribution is 0.147. The van der Waals surface area contributed by atoms with E-state index in [2.05, 4.69) is 10.2 Å². The molecule has 0 radical (unpaired) electrons. The average molecular weight is 210 g/mol. The van der Waals surface area contributed by atoms with Crippen LogP contribution in [0.3, 0.4) is 0 Å². The second-order valence-corrected chi connectivity index (χ2v) is 5.12. The van der Waals surface area contributed by atoms with Gasteiger partial charge in [-0.2, -0.15) is 0 Å². The summed E-state index contributed by atoms with van der Waals surface area (Å²) in [5.74, 6) is 0. The summed E-state index contributed by atoms with van der Waals surface area (Å²) in [5, 5.41) is 3.73. The van der Waals surface area contributed by atoms with Crippen LogP contribution in [0.15, 0.2) is 0 Å². The van der Waals surface area contributed by atoms with Gasteiger partial charge in [-0.05, 0) is 45.3 Å². The van der Waals surface area contributed by atoms with Gasteiger partial charge in [-0.25, -0.2) is 0 Å². The quantitative estimate of drug-likeness (QED) is 0.716. The highest BCUT2D eigenvalue weighted by atomic mass is 15.3. The molecule has 0 amide bonds. The minimum Gasteiger partial charge on any atom is -0.302 e. The Bertz CT molecular complexity index is 154. The van der Waals surface area contributed by atoms with Crippen LogP contribution in [-0.4, -0.2) is 30.7 Å². The van der Waals surface area contributed by atoms with E-state index < -0.39 is 0 Å². The molecule has 2 saturated heterocycles. The summed E-state index contributed by atoms with van der Waals surface area (Å²) in [6, 6.07) is 0. The summed E-state index contributed by atoms with van der Waals surface area (Å²) >= 11 is 0. The number of hydrogen-bond donors (Lipinski definition) is 1. The van der Waals surface area contributed by atoms with Gasteiger partial charge in [-0.1, -0.05) is 32.1 Å². The molecule has 2 aliphatic heterocycles. The van der Waals surface area contributed by atoms with Gasteiger partial charge in [0.1, 0.15) is 0 Å². The van der Waals surface area contributed by atoms with Crippen molar-refractivity contribution in [3.63, 3.8) is 0 Å². The first kappa shape index (κ1) is 11.4. The second-order valence-electron chi connectivity index (χ2n) is 5.12. The number of nitrogens with one attached hydrogen (secondary N) is 1. The first-order valence-electron chi connectivity index (χ1n) is 6.94. The molecule has 2 rings (SSSR count). The number of nitrogens with zero attached hydrogens (tertiary/aromatic N) is 1. The smallest absolute Gasteiger partial charge is 0.0597 e. The van der Waals surface area contributed by atoms with Crippen LogP contribution in [0, 0.1) is 0 Å². The van der Waals surface area contributed by atoms with E-state index in [1.54, 1.807) is 0 Å². The molecule has 2 heteroatoms. The van der Waals surface area contributed by atoms with Crippen molar-refractivity contribution in [1.29, 1.82) is 0 Å². The topological polar surface area (TPSA) is 15.3 Å². The Morgan fingerprint density at radius 3 is 2.20 bits per heavy atom. The van der Waals surface area contributed by atoms with Gasteiger partial charge in [-0.15, -0.1) is 0 Å². The van der Waals surface area contributed by atoms with Crippen LogP contribution >= 0.6 is 0 Å². The fraction of sp³-hybridized carbons (Fsp3) is 1.00. The molecule has 2 fully saturated rings. The molecule has 0 aromatic heterocycles. The summed E-state index contributed by atoms with van der Waals surface area (Å²) < 4.78 is 0. The molecule has 2 heterocycles. The van der Waals surface area contributed by atoms with Crippen molar-refractivity contribution in [1.82, 2.24) is 10.2 Å². The SMILES string of the molecule is C1CCCN(C2CCCCCN2)CCC1. The molecule has 0 aliphatic carbocycles. The van der Waals surface area contributed by atoms with E-state index in [1.807, 2.05) is 0 Å². The lowest BCUT2D eigenvalue weighted by atomic mass is 10.1. The Morgan fingerprint density at radius 2 is 1.40 bits per heavy atom. The molecular formula is C13H26N2. The van der Waals surface area contributed by atoms with Crippen LogP contribution in [0.1, 0.15) is 57.8 Å². The predicted molar refractivity (Wildman–Crippen MR) is 64.9 cm³/mol. The Morgan fingerprint density at radius 1 is 0.733 bits per heavy atom. The van der Waals surface area contributed by atoms with E-state index in [4.69, 9.17) is 0 Å². The Labute approximate surface area is 94.4 Å². The van der Waals surface area contributed by atoms with Crippen molar-refractivity contribution in [2.75, 3.05) is 19.6 Å². The van der Waals surface area contributed by atoms with Crippen molar-refractivity contribution in [2.24, 2.45) is 0 Å². The molecule has 0 aromatic carbocycles. The first-order chi connectivity index (χ1) is 7.47. The maximum atomic E-state index is 3.73. The third-order valence-corrected chi connectivity index (χ3v) is 3.87. The van der Waals surface area contributed by atoms with Gasteiger partial charge < -0.3 is 5.32 Å². The Balaban J connectivity index is 1.82. The lowest BCUT2D eigenvalue weighted by Gasteiger charge is -2.32. The third kappa shape index (κ3) is 3.76. The zero-order valence-corrected chi connectivity index (χ0v) is 10.0. The number of rotatable bonds is 1. The van der Waals surface area contributed by atoms with Crippen molar-refractivity contribution >= 4 is 0 Å². The summed E-state index contributed by atoms with van der Waals surface area (Å²) in [6.07, 6.45) is 13.5. The van der Waals surface area contributed by atoms with Gasteiger partial charge in [0.25, 0.3) is 0 Å². The van der Waals surface area contributed by atoms with Crippen molar-refractivity contribution in [2.45, 2.75) is 64.0 Å². The highest BCUT2D eigenvalue weighted by Crippen LogP contribution is 2.16. The third-order valence-electron chi connectivity index (χ3n) is 3.87. The van der Waals surface area contributed by atoms with E-state index in [0.717, 1.165) is 0 Å². The van der Waals surface area contributed by atoms with Gasteiger partial charge >= 0.3 is 0 Å². The van der Waals surface area contributed by atoms with E-state index in [9.17, 15) is 0 Å². The zero-order valence-electron chi connectivity index (χ0n) is 10.0. The number of likely N-dealkylation sites (tertiary alicyclic amines) is 1. The van der Waals surface area contributed by atoms with Crippen molar-refractivity contribution in [3.8, 4) is 0 Å². The van der Waals surface area contributed by atoms with E-state index in [0.29, 0.717) is 6.17 Å². The molecule has 0 aromatic rings. The summed E-state index contributed by atoms with van der Waals surface area (Å²) in [7, 11) is 0. The fourth-order valence-corrected chi connectivity index (χ4v) is 2.91. The highest BCUT2D eigenvalue weighted by Gasteiger charge is 2.19.